The molecule has 0 aliphatic carbocycles. The third kappa shape index (κ3) is 2.63. The molecule has 0 aromatic heterocycles. The third-order valence-electron chi connectivity index (χ3n) is 4.51. The Balaban J connectivity index is 1.72. The lowest BCUT2D eigenvalue weighted by molar-refractivity contribution is 0.212. The Morgan fingerprint density at radius 1 is 1.35 bits per heavy atom. The van der Waals surface area contributed by atoms with Crippen LogP contribution in [0.25, 0.3) is 0 Å². The van der Waals surface area contributed by atoms with Crippen LogP contribution < -0.4 is 15.2 Å². The first-order valence-electron chi connectivity index (χ1n) is 7.55. The normalized spacial score (nSPS) is 24.9. The molecule has 0 saturated carbocycles. The monoisotopic (exact) mass is 276 g/mol. The summed E-state index contributed by atoms with van der Waals surface area (Å²) in [6.45, 7) is 5.08. The standard InChI is InChI=1S/C16H24N2O2/c1-19-13-4-5-16-14(8-13)15-10-18(7-3-2-6-17)9-12(15)11-20-16/h4-5,8,12,15H,2-3,6-7,9-11,17H2,1H3/t12-,15-/m0/s1. The Hall–Kier alpha value is -1.26. The van der Waals surface area contributed by atoms with Crippen LogP contribution in [-0.4, -0.2) is 44.8 Å². The number of likely N-dealkylation sites (tertiary alicyclic amines) is 1. The molecule has 2 aliphatic rings. The van der Waals surface area contributed by atoms with Crippen LogP contribution in [0, 0.1) is 5.92 Å². The van der Waals surface area contributed by atoms with Gasteiger partial charge in [-0.2, -0.15) is 0 Å². The van der Waals surface area contributed by atoms with E-state index in [1.165, 1.54) is 12.0 Å². The second-order valence-corrected chi connectivity index (χ2v) is 5.84. The van der Waals surface area contributed by atoms with Gasteiger partial charge in [-0.3, -0.25) is 0 Å². The molecular formula is C16H24N2O2. The van der Waals surface area contributed by atoms with E-state index in [1.807, 2.05) is 12.1 Å². The van der Waals surface area contributed by atoms with E-state index < -0.39 is 0 Å². The molecule has 0 unspecified atom stereocenters. The molecule has 110 valence electrons. The molecule has 3 rings (SSSR count). The van der Waals surface area contributed by atoms with Crippen LogP contribution in [0.5, 0.6) is 11.5 Å². The van der Waals surface area contributed by atoms with Crippen LogP contribution in [-0.2, 0) is 0 Å². The fourth-order valence-electron chi connectivity index (χ4n) is 3.42. The van der Waals surface area contributed by atoms with Gasteiger partial charge in [0.2, 0.25) is 0 Å². The Morgan fingerprint density at radius 3 is 3.05 bits per heavy atom. The molecule has 20 heavy (non-hydrogen) atoms. The summed E-state index contributed by atoms with van der Waals surface area (Å²) in [6.07, 6.45) is 2.31. The van der Waals surface area contributed by atoms with Crippen molar-refractivity contribution in [1.29, 1.82) is 0 Å². The lowest BCUT2D eigenvalue weighted by atomic mass is 9.87. The summed E-state index contributed by atoms with van der Waals surface area (Å²) in [7, 11) is 1.72. The maximum Gasteiger partial charge on any atom is 0.123 e. The van der Waals surface area contributed by atoms with E-state index in [9.17, 15) is 0 Å². The van der Waals surface area contributed by atoms with Crippen LogP contribution >= 0.6 is 0 Å². The minimum Gasteiger partial charge on any atom is -0.497 e. The topological polar surface area (TPSA) is 47.7 Å². The maximum absolute atomic E-state index is 5.91. The van der Waals surface area contributed by atoms with Gasteiger partial charge in [-0.05, 0) is 44.1 Å². The van der Waals surface area contributed by atoms with Crippen LogP contribution in [0.2, 0.25) is 0 Å². The largest absolute Gasteiger partial charge is 0.497 e. The van der Waals surface area contributed by atoms with Crippen LogP contribution in [0.15, 0.2) is 18.2 Å². The Bertz CT molecular complexity index is 464. The SMILES string of the molecule is COc1ccc2c(c1)[C@H]1CN(CCCCN)C[C@H]1CO2. The summed E-state index contributed by atoms with van der Waals surface area (Å²) in [5.41, 5.74) is 6.89. The zero-order valence-electron chi connectivity index (χ0n) is 12.2. The van der Waals surface area contributed by atoms with E-state index in [-0.39, 0.29) is 0 Å². The molecule has 2 heterocycles. The van der Waals surface area contributed by atoms with Gasteiger partial charge < -0.3 is 20.1 Å². The van der Waals surface area contributed by atoms with Gasteiger partial charge in [-0.1, -0.05) is 0 Å². The zero-order chi connectivity index (χ0) is 13.9. The smallest absolute Gasteiger partial charge is 0.123 e. The van der Waals surface area contributed by atoms with Crippen LogP contribution in [0.4, 0.5) is 0 Å². The average molecular weight is 276 g/mol. The van der Waals surface area contributed by atoms with Crippen molar-refractivity contribution >= 4 is 0 Å². The second-order valence-electron chi connectivity index (χ2n) is 5.84. The number of rotatable bonds is 5. The molecule has 2 atom stereocenters. The fourth-order valence-corrected chi connectivity index (χ4v) is 3.42. The molecule has 0 bridgehead atoms. The van der Waals surface area contributed by atoms with E-state index in [0.717, 1.165) is 50.7 Å². The van der Waals surface area contributed by atoms with Crippen molar-refractivity contribution in [3.63, 3.8) is 0 Å². The Kier molecular flexibility index (Phi) is 4.13. The average Bonchev–Trinajstić information content (AvgIpc) is 2.90. The van der Waals surface area contributed by atoms with Gasteiger partial charge in [-0.15, -0.1) is 0 Å². The molecule has 1 aromatic rings. The first kappa shape index (κ1) is 13.7. The van der Waals surface area contributed by atoms with E-state index in [1.54, 1.807) is 7.11 Å². The molecule has 4 nitrogen and oxygen atoms in total. The summed E-state index contributed by atoms with van der Waals surface area (Å²) < 4.78 is 11.3. The highest BCUT2D eigenvalue weighted by molar-refractivity contribution is 5.44. The van der Waals surface area contributed by atoms with Crippen molar-refractivity contribution in [2.75, 3.05) is 39.9 Å². The number of hydrogen-bond acceptors (Lipinski definition) is 4. The van der Waals surface area contributed by atoms with Crippen molar-refractivity contribution in [2.45, 2.75) is 18.8 Å². The minimum absolute atomic E-state index is 0.590. The predicted molar refractivity (Wildman–Crippen MR) is 79.4 cm³/mol. The lowest BCUT2D eigenvalue weighted by Crippen LogP contribution is -2.25. The van der Waals surface area contributed by atoms with Crippen LogP contribution in [0.3, 0.4) is 0 Å². The number of ether oxygens (including phenoxy) is 2. The Morgan fingerprint density at radius 2 is 2.25 bits per heavy atom. The highest BCUT2D eigenvalue weighted by Gasteiger charge is 2.38. The number of methoxy groups -OCH3 is 1. The molecule has 1 aromatic carbocycles. The number of nitrogens with zero attached hydrogens (tertiary/aromatic N) is 1. The molecule has 0 radical (unpaired) electrons. The summed E-state index contributed by atoms with van der Waals surface area (Å²) in [4.78, 5) is 2.56. The first-order valence-corrected chi connectivity index (χ1v) is 7.55. The number of nitrogens with two attached hydrogens (primary N) is 1. The van der Waals surface area contributed by atoms with Gasteiger partial charge >= 0.3 is 0 Å². The number of hydrogen-bond donors (Lipinski definition) is 1. The van der Waals surface area contributed by atoms with Crippen molar-refractivity contribution in [3.05, 3.63) is 23.8 Å². The number of unbranched alkanes of at least 4 members (excludes halogenated alkanes) is 1. The molecule has 0 amide bonds. The van der Waals surface area contributed by atoms with Gasteiger partial charge in [0, 0.05) is 30.5 Å². The van der Waals surface area contributed by atoms with Crippen molar-refractivity contribution in [3.8, 4) is 11.5 Å². The number of fused-ring (bicyclic) bond motifs is 3. The van der Waals surface area contributed by atoms with Gasteiger partial charge in [0.1, 0.15) is 11.5 Å². The van der Waals surface area contributed by atoms with Crippen molar-refractivity contribution in [2.24, 2.45) is 11.7 Å². The van der Waals surface area contributed by atoms with Crippen molar-refractivity contribution in [1.82, 2.24) is 4.90 Å². The van der Waals surface area contributed by atoms with Crippen molar-refractivity contribution < 1.29 is 9.47 Å². The van der Waals surface area contributed by atoms with E-state index in [0.29, 0.717) is 11.8 Å². The zero-order valence-corrected chi connectivity index (χ0v) is 12.2. The summed E-state index contributed by atoms with van der Waals surface area (Å²) in [5, 5.41) is 0. The lowest BCUT2D eigenvalue weighted by Gasteiger charge is -2.28. The molecular weight excluding hydrogens is 252 g/mol. The van der Waals surface area contributed by atoms with E-state index in [4.69, 9.17) is 15.2 Å². The second kappa shape index (κ2) is 6.02. The van der Waals surface area contributed by atoms with Gasteiger partial charge in [0.05, 0.1) is 13.7 Å². The highest BCUT2D eigenvalue weighted by atomic mass is 16.5. The predicted octanol–water partition coefficient (Wildman–Crippen LogP) is 1.84. The molecule has 2 aliphatic heterocycles. The summed E-state index contributed by atoms with van der Waals surface area (Å²) in [5.74, 6) is 3.17. The first-order chi connectivity index (χ1) is 9.81. The number of benzene rings is 1. The third-order valence-corrected chi connectivity index (χ3v) is 4.51. The molecule has 0 spiro atoms. The molecule has 2 N–H and O–H groups in total. The Labute approximate surface area is 120 Å². The maximum atomic E-state index is 5.91. The van der Waals surface area contributed by atoms with Gasteiger partial charge in [0.15, 0.2) is 0 Å². The summed E-state index contributed by atoms with van der Waals surface area (Å²) in [6, 6.07) is 6.17. The quantitative estimate of drug-likeness (QED) is 0.834. The van der Waals surface area contributed by atoms with Gasteiger partial charge in [0.25, 0.3) is 0 Å². The van der Waals surface area contributed by atoms with Crippen LogP contribution in [0.1, 0.15) is 24.3 Å². The van der Waals surface area contributed by atoms with E-state index >= 15 is 0 Å². The van der Waals surface area contributed by atoms with Gasteiger partial charge in [-0.25, -0.2) is 0 Å². The highest BCUT2D eigenvalue weighted by Crippen LogP contribution is 2.42. The summed E-state index contributed by atoms with van der Waals surface area (Å²) >= 11 is 0. The fraction of sp³-hybridized carbons (Fsp3) is 0.625. The van der Waals surface area contributed by atoms with E-state index in [2.05, 4.69) is 11.0 Å². The molecule has 1 saturated heterocycles. The minimum atomic E-state index is 0.590. The molecule has 4 heteroatoms. The molecule has 1 fully saturated rings.